The number of imide groups is 1. The first-order valence-corrected chi connectivity index (χ1v) is 7.60. The van der Waals surface area contributed by atoms with E-state index in [4.69, 9.17) is 0 Å². The molecule has 0 spiro atoms. The summed E-state index contributed by atoms with van der Waals surface area (Å²) < 4.78 is 14.3. The largest absolute Gasteiger partial charge is 0.372 e. The Hall–Kier alpha value is -2.02. The first-order valence-electron chi connectivity index (χ1n) is 7.60. The van der Waals surface area contributed by atoms with Gasteiger partial charge in [0.15, 0.2) is 0 Å². The van der Waals surface area contributed by atoms with Crippen LogP contribution in [0.25, 0.3) is 0 Å². The van der Waals surface area contributed by atoms with Crippen LogP contribution in [0, 0.1) is 5.82 Å². The van der Waals surface area contributed by atoms with Crippen LogP contribution in [0.2, 0.25) is 0 Å². The Morgan fingerprint density at radius 1 is 1.23 bits per heavy atom. The number of rotatable bonds is 3. The Kier molecular flexibility index (Phi) is 4.33. The highest BCUT2D eigenvalue weighted by Crippen LogP contribution is 2.27. The second kappa shape index (κ2) is 6.39. The van der Waals surface area contributed by atoms with E-state index >= 15 is 0 Å². The van der Waals surface area contributed by atoms with Crippen LogP contribution in [-0.4, -0.2) is 35.9 Å². The van der Waals surface area contributed by atoms with E-state index in [0.717, 1.165) is 25.9 Å². The minimum atomic E-state index is -0.524. The number of hydrogen-bond acceptors (Lipinski definition) is 5. The van der Waals surface area contributed by atoms with Gasteiger partial charge in [-0.2, -0.15) is 0 Å². The van der Waals surface area contributed by atoms with Crippen molar-refractivity contribution in [3.63, 3.8) is 0 Å². The second-order valence-corrected chi connectivity index (χ2v) is 5.76. The van der Waals surface area contributed by atoms with E-state index in [0.29, 0.717) is 17.8 Å². The molecule has 118 valence electrons. The third-order valence-electron chi connectivity index (χ3n) is 4.18. The number of carbonyl (C=O) groups excluding carboxylic acids is 2. The van der Waals surface area contributed by atoms with Gasteiger partial charge in [-0.3, -0.25) is 19.9 Å². The van der Waals surface area contributed by atoms with Gasteiger partial charge in [0.1, 0.15) is 11.9 Å². The molecular weight excluding hydrogens is 287 g/mol. The van der Waals surface area contributed by atoms with Gasteiger partial charge in [-0.15, -0.1) is 0 Å². The average molecular weight is 306 g/mol. The fraction of sp³-hybridized carbons (Fsp3) is 0.533. The third-order valence-corrected chi connectivity index (χ3v) is 4.18. The average Bonchev–Trinajstić information content (AvgIpc) is 2.51. The normalized spacial score (nSPS) is 23.2. The maximum Gasteiger partial charge on any atom is 0.249 e. The Bertz CT molecular complexity index is 587. The van der Waals surface area contributed by atoms with Crippen molar-refractivity contribution in [2.24, 2.45) is 0 Å². The number of nitrogens with one attached hydrogen (secondary N) is 3. The third kappa shape index (κ3) is 3.24. The Morgan fingerprint density at radius 3 is 2.68 bits per heavy atom. The second-order valence-electron chi connectivity index (χ2n) is 5.76. The van der Waals surface area contributed by atoms with E-state index in [2.05, 4.69) is 20.9 Å². The zero-order valence-corrected chi connectivity index (χ0v) is 12.2. The molecule has 3 rings (SSSR count). The SMILES string of the molecule is O=C1CCC(Nc2cnc(C3CCNCC3)c(F)c2)C(=O)N1. The van der Waals surface area contributed by atoms with Crippen molar-refractivity contribution in [2.45, 2.75) is 37.6 Å². The van der Waals surface area contributed by atoms with Crippen molar-refractivity contribution in [1.29, 1.82) is 0 Å². The number of pyridine rings is 1. The summed E-state index contributed by atoms with van der Waals surface area (Å²) in [4.78, 5) is 27.0. The van der Waals surface area contributed by atoms with Crippen LogP contribution >= 0.6 is 0 Å². The molecule has 1 unspecified atom stereocenters. The molecule has 2 aliphatic rings. The van der Waals surface area contributed by atoms with Gasteiger partial charge >= 0.3 is 0 Å². The number of anilines is 1. The van der Waals surface area contributed by atoms with Crippen LogP contribution < -0.4 is 16.0 Å². The molecule has 1 aromatic heterocycles. The summed E-state index contributed by atoms with van der Waals surface area (Å²) in [5.74, 6) is -0.845. The Morgan fingerprint density at radius 2 is 2.00 bits per heavy atom. The van der Waals surface area contributed by atoms with E-state index in [1.807, 2.05) is 0 Å². The molecule has 0 aliphatic carbocycles. The van der Waals surface area contributed by atoms with Crippen LogP contribution in [0.15, 0.2) is 12.3 Å². The van der Waals surface area contributed by atoms with E-state index in [1.54, 1.807) is 6.20 Å². The molecule has 3 N–H and O–H groups in total. The Balaban J connectivity index is 1.69. The molecule has 3 heterocycles. The first-order chi connectivity index (χ1) is 10.6. The van der Waals surface area contributed by atoms with E-state index < -0.39 is 6.04 Å². The number of hydrogen-bond donors (Lipinski definition) is 3. The van der Waals surface area contributed by atoms with Crippen molar-refractivity contribution >= 4 is 17.5 Å². The number of aromatic nitrogens is 1. The fourth-order valence-corrected chi connectivity index (χ4v) is 2.96. The lowest BCUT2D eigenvalue weighted by molar-refractivity contribution is -0.133. The standard InChI is InChI=1S/C15H19FN4O2/c16-11-7-10(19-12-1-2-13(21)20-15(12)22)8-18-14(11)9-3-5-17-6-4-9/h7-9,12,17,19H,1-6H2,(H,20,21,22). The predicted octanol–water partition coefficient (Wildman–Crippen LogP) is 0.905. The summed E-state index contributed by atoms with van der Waals surface area (Å²) >= 11 is 0. The van der Waals surface area contributed by atoms with Gasteiger partial charge in [-0.05, 0) is 32.4 Å². The molecule has 7 heteroatoms. The molecule has 0 radical (unpaired) electrons. The summed E-state index contributed by atoms with van der Waals surface area (Å²) in [5.41, 5.74) is 0.958. The van der Waals surface area contributed by atoms with Gasteiger partial charge in [0.25, 0.3) is 0 Å². The maximum absolute atomic E-state index is 14.3. The fourth-order valence-electron chi connectivity index (χ4n) is 2.96. The highest BCUT2D eigenvalue weighted by molar-refractivity contribution is 6.01. The number of halogens is 1. The molecule has 6 nitrogen and oxygen atoms in total. The minimum Gasteiger partial charge on any atom is -0.372 e. The summed E-state index contributed by atoms with van der Waals surface area (Å²) in [6.45, 7) is 1.75. The maximum atomic E-state index is 14.3. The lowest BCUT2D eigenvalue weighted by Gasteiger charge is -2.24. The molecule has 22 heavy (non-hydrogen) atoms. The molecular formula is C15H19FN4O2. The van der Waals surface area contributed by atoms with Crippen LogP contribution in [-0.2, 0) is 9.59 Å². The van der Waals surface area contributed by atoms with Crippen molar-refractivity contribution in [3.05, 3.63) is 23.8 Å². The first kappa shape index (κ1) is 14.9. The molecule has 2 amide bonds. The molecule has 0 aromatic carbocycles. The van der Waals surface area contributed by atoms with E-state index in [-0.39, 0.29) is 30.0 Å². The number of carbonyl (C=O) groups is 2. The zero-order chi connectivity index (χ0) is 15.5. The zero-order valence-electron chi connectivity index (χ0n) is 12.2. The Labute approximate surface area is 127 Å². The summed E-state index contributed by atoms with van der Waals surface area (Å²) in [7, 11) is 0. The van der Waals surface area contributed by atoms with Crippen LogP contribution in [0.5, 0.6) is 0 Å². The molecule has 2 aliphatic heterocycles. The quantitative estimate of drug-likeness (QED) is 0.723. The number of amides is 2. The van der Waals surface area contributed by atoms with Gasteiger partial charge in [-0.25, -0.2) is 4.39 Å². The molecule has 2 saturated heterocycles. The smallest absolute Gasteiger partial charge is 0.249 e. The van der Waals surface area contributed by atoms with Gasteiger partial charge in [0.2, 0.25) is 11.8 Å². The van der Waals surface area contributed by atoms with Gasteiger partial charge in [0, 0.05) is 18.4 Å². The molecule has 0 saturated carbocycles. The molecule has 0 bridgehead atoms. The summed E-state index contributed by atoms with van der Waals surface area (Å²) in [6, 6.07) is 0.859. The van der Waals surface area contributed by atoms with Crippen LogP contribution in [0.1, 0.15) is 37.3 Å². The summed E-state index contributed by atoms with van der Waals surface area (Å²) in [5, 5.41) is 8.45. The lowest BCUT2D eigenvalue weighted by Crippen LogP contribution is -2.47. The topological polar surface area (TPSA) is 83.1 Å². The minimum absolute atomic E-state index is 0.144. The number of nitrogens with zero attached hydrogens (tertiary/aromatic N) is 1. The van der Waals surface area contributed by atoms with Gasteiger partial charge in [-0.1, -0.05) is 0 Å². The van der Waals surface area contributed by atoms with Crippen LogP contribution in [0.4, 0.5) is 10.1 Å². The lowest BCUT2D eigenvalue weighted by atomic mass is 9.94. The molecule has 1 aromatic rings. The highest BCUT2D eigenvalue weighted by Gasteiger charge is 2.27. The summed E-state index contributed by atoms with van der Waals surface area (Å²) in [6.07, 6.45) is 4.01. The highest BCUT2D eigenvalue weighted by atomic mass is 19.1. The van der Waals surface area contributed by atoms with Crippen molar-refractivity contribution in [3.8, 4) is 0 Å². The van der Waals surface area contributed by atoms with Crippen LogP contribution in [0.3, 0.4) is 0 Å². The van der Waals surface area contributed by atoms with Crippen molar-refractivity contribution < 1.29 is 14.0 Å². The molecule has 1 atom stereocenters. The van der Waals surface area contributed by atoms with Gasteiger partial charge in [0.05, 0.1) is 17.6 Å². The monoisotopic (exact) mass is 306 g/mol. The number of piperidine rings is 2. The predicted molar refractivity (Wildman–Crippen MR) is 78.8 cm³/mol. The van der Waals surface area contributed by atoms with Crippen molar-refractivity contribution in [2.75, 3.05) is 18.4 Å². The van der Waals surface area contributed by atoms with E-state index in [1.165, 1.54) is 6.07 Å². The van der Waals surface area contributed by atoms with E-state index in [9.17, 15) is 14.0 Å². The van der Waals surface area contributed by atoms with Crippen molar-refractivity contribution in [1.82, 2.24) is 15.6 Å². The van der Waals surface area contributed by atoms with Gasteiger partial charge < -0.3 is 10.6 Å². The molecule has 2 fully saturated rings.